The number of aromatic hydroxyl groups is 1. The molecule has 0 radical (unpaired) electrons. The SMILES string of the molecule is CCOc1cccc(O)c1CC(C)N. The van der Waals surface area contributed by atoms with Crippen LogP contribution >= 0.6 is 0 Å². The lowest BCUT2D eigenvalue weighted by Gasteiger charge is -2.13. The van der Waals surface area contributed by atoms with Crippen molar-refractivity contribution in [3.05, 3.63) is 23.8 Å². The molecular formula is C11H17NO2. The third-order valence-electron chi connectivity index (χ3n) is 1.93. The van der Waals surface area contributed by atoms with Crippen molar-refractivity contribution < 1.29 is 9.84 Å². The number of benzene rings is 1. The fraction of sp³-hybridized carbons (Fsp3) is 0.455. The summed E-state index contributed by atoms with van der Waals surface area (Å²) in [5.41, 5.74) is 6.49. The van der Waals surface area contributed by atoms with E-state index in [0.717, 1.165) is 11.3 Å². The van der Waals surface area contributed by atoms with Gasteiger partial charge in [0.15, 0.2) is 0 Å². The first-order valence-corrected chi connectivity index (χ1v) is 4.84. The van der Waals surface area contributed by atoms with Crippen LogP contribution < -0.4 is 10.5 Å². The minimum atomic E-state index is 0.0162. The van der Waals surface area contributed by atoms with E-state index >= 15 is 0 Å². The van der Waals surface area contributed by atoms with Crippen LogP contribution in [0.2, 0.25) is 0 Å². The molecule has 0 heterocycles. The Morgan fingerprint density at radius 1 is 1.50 bits per heavy atom. The first-order chi connectivity index (χ1) is 6.65. The quantitative estimate of drug-likeness (QED) is 0.768. The maximum Gasteiger partial charge on any atom is 0.126 e. The Bertz CT molecular complexity index is 297. The summed E-state index contributed by atoms with van der Waals surface area (Å²) in [6.45, 7) is 4.41. The van der Waals surface area contributed by atoms with Crippen LogP contribution in [0.3, 0.4) is 0 Å². The Balaban J connectivity index is 2.96. The van der Waals surface area contributed by atoms with Crippen molar-refractivity contribution in [3.8, 4) is 11.5 Å². The molecule has 0 saturated carbocycles. The standard InChI is InChI=1S/C11H17NO2/c1-3-14-11-6-4-5-10(13)9(11)7-8(2)12/h4-6,8,13H,3,7,12H2,1-2H3. The molecule has 1 aromatic rings. The molecule has 0 aliphatic heterocycles. The third-order valence-corrected chi connectivity index (χ3v) is 1.93. The average Bonchev–Trinajstić information content (AvgIpc) is 2.11. The van der Waals surface area contributed by atoms with Gasteiger partial charge in [0.2, 0.25) is 0 Å². The molecule has 0 bridgehead atoms. The fourth-order valence-corrected chi connectivity index (χ4v) is 1.37. The van der Waals surface area contributed by atoms with E-state index < -0.39 is 0 Å². The molecule has 14 heavy (non-hydrogen) atoms. The lowest BCUT2D eigenvalue weighted by atomic mass is 10.1. The second-order valence-electron chi connectivity index (χ2n) is 3.37. The van der Waals surface area contributed by atoms with Gasteiger partial charge in [-0.15, -0.1) is 0 Å². The first-order valence-electron chi connectivity index (χ1n) is 4.84. The van der Waals surface area contributed by atoms with Gasteiger partial charge in [-0.2, -0.15) is 0 Å². The molecule has 1 unspecified atom stereocenters. The molecule has 1 aromatic carbocycles. The number of nitrogens with two attached hydrogens (primary N) is 1. The Kier molecular flexibility index (Phi) is 3.77. The van der Waals surface area contributed by atoms with Crippen molar-refractivity contribution in [1.29, 1.82) is 0 Å². The predicted molar refractivity (Wildman–Crippen MR) is 56.6 cm³/mol. The summed E-state index contributed by atoms with van der Waals surface area (Å²) in [6, 6.07) is 5.29. The average molecular weight is 195 g/mol. The minimum absolute atomic E-state index is 0.0162. The van der Waals surface area contributed by atoms with Gasteiger partial charge in [0, 0.05) is 11.6 Å². The van der Waals surface area contributed by atoms with Crippen LogP contribution in [0, 0.1) is 0 Å². The summed E-state index contributed by atoms with van der Waals surface area (Å²) in [5, 5.41) is 9.63. The van der Waals surface area contributed by atoms with E-state index in [0.29, 0.717) is 13.0 Å². The summed E-state index contributed by atoms with van der Waals surface area (Å²) >= 11 is 0. The molecule has 3 heteroatoms. The molecule has 0 amide bonds. The molecule has 0 saturated heterocycles. The van der Waals surface area contributed by atoms with E-state index in [1.54, 1.807) is 12.1 Å². The third kappa shape index (κ3) is 2.64. The Morgan fingerprint density at radius 3 is 2.79 bits per heavy atom. The van der Waals surface area contributed by atoms with Gasteiger partial charge >= 0.3 is 0 Å². The van der Waals surface area contributed by atoms with Crippen LogP contribution in [0.25, 0.3) is 0 Å². The molecule has 0 fully saturated rings. The number of hydrogen-bond acceptors (Lipinski definition) is 3. The highest BCUT2D eigenvalue weighted by Gasteiger charge is 2.10. The lowest BCUT2D eigenvalue weighted by molar-refractivity contribution is 0.332. The second-order valence-corrected chi connectivity index (χ2v) is 3.37. The molecular weight excluding hydrogens is 178 g/mol. The lowest BCUT2D eigenvalue weighted by Crippen LogP contribution is -2.18. The molecule has 0 aliphatic rings. The van der Waals surface area contributed by atoms with Crippen molar-refractivity contribution >= 4 is 0 Å². The smallest absolute Gasteiger partial charge is 0.126 e. The summed E-state index contributed by atoms with van der Waals surface area (Å²) in [7, 11) is 0. The number of ether oxygens (including phenoxy) is 1. The van der Waals surface area contributed by atoms with Crippen molar-refractivity contribution in [2.75, 3.05) is 6.61 Å². The van der Waals surface area contributed by atoms with E-state index in [1.165, 1.54) is 0 Å². The highest BCUT2D eigenvalue weighted by molar-refractivity contribution is 5.44. The molecule has 78 valence electrons. The zero-order chi connectivity index (χ0) is 10.6. The van der Waals surface area contributed by atoms with E-state index in [-0.39, 0.29) is 11.8 Å². The second kappa shape index (κ2) is 4.86. The highest BCUT2D eigenvalue weighted by Crippen LogP contribution is 2.28. The Morgan fingerprint density at radius 2 is 2.21 bits per heavy atom. The van der Waals surface area contributed by atoms with E-state index in [4.69, 9.17) is 10.5 Å². The van der Waals surface area contributed by atoms with Crippen LogP contribution in [0.15, 0.2) is 18.2 Å². The molecule has 3 N–H and O–H groups in total. The van der Waals surface area contributed by atoms with Crippen LogP contribution in [-0.4, -0.2) is 17.8 Å². The first kappa shape index (κ1) is 10.9. The molecule has 0 spiro atoms. The van der Waals surface area contributed by atoms with Crippen LogP contribution in [-0.2, 0) is 6.42 Å². The van der Waals surface area contributed by atoms with Gasteiger partial charge < -0.3 is 15.6 Å². The Hall–Kier alpha value is -1.22. The van der Waals surface area contributed by atoms with E-state index in [9.17, 15) is 5.11 Å². The van der Waals surface area contributed by atoms with Gasteiger partial charge in [0.25, 0.3) is 0 Å². The molecule has 0 aromatic heterocycles. The minimum Gasteiger partial charge on any atom is -0.508 e. The fourth-order valence-electron chi connectivity index (χ4n) is 1.37. The molecule has 1 atom stereocenters. The van der Waals surface area contributed by atoms with Crippen LogP contribution in [0.5, 0.6) is 11.5 Å². The highest BCUT2D eigenvalue weighted by atomic mass is 16.5. The normalized spacial score (nSPS) is 12.5. The summed E-state index contributed by atoms with van der Waals surface area (Å²) in [4.78, 5) is 0. The van der Waals surface area contributed by atoms with Crippen LogP contribution in [0.4, 0.5) is 0 Å². The van der Waals surface area contributed by atoms with E-state index in [1.807, 2.05) is 19.9 Å². The van der Waals surface area contributed by atoms with Gasteiger partial charge in [-0.3, -0.25) is 0 Å². The van der Waals surface area contributed by atoms with Crippen LogP contribution in [0.1, 0.15) is 19.4 Å². The number of phenols is 1. The van der Waals surface area contributed by atoms with Crippen molar-refractivity contribution in [2.24, 2.45) is 5.73 Å². The number of hydrogen-bond donors (Lipinski definition) is 2. The molecule has 0 aliphatic carbocycles. The summed E-state index contributed by atoms with van der Waals surface area (Å²) < 4.78 is 5.40. The number of phenolic OH excluding ortho intramolecular Hbond substituents is 1. The maximum atomic E-state index is 9.63. The monoisotopic (exact) mass is 195 g/mol. The topological polar surface area (TPSA) is 55.5 Å². The van der Waals surface area contributed by atoms with Gasteiger partial charge in [0.05, 0.1) is 6.61 Å². The van der Waals surface area contributed by atoms with Crippen molar-refractivity contribution in [3.63, 3.8) is 0 Å². The zero-order valence-corrected chi connectivity index (χ0v) is 8.66. The largest absolute Gasteiger partial charge is 0.508 e. The van der Waals surface area contributed by atoms with Crippen molar-refractivity contribution in [2.45, 2.75) is 26.3 Å². The molecule has 3 nitrogen and oxygen atoms in total. The molecule has 1 rings (SSSR count). The Labute approximate surface area is 84.5 Å². The maximum absolute atomic E-state index is 9.63. The van der Waals surface area contributed by atoms with Gasteiger partial charge in [-0.1, -0.05) is 6.07 Å². The summed E-state index contributed by atoms with van der Waals surface area (Å²) in [5.74, 6) is 0.984. The van der Waals surface area contributed by atoms with Gasteiger partial charge in [-0.25, -0.2) is 0 Å². The van der Waals surface area contributed by atoms with Crippen molar-refractivity contribution in [1.82, 2.24) is 0 Å². The zero-order valence-electron chi connectivity index (χ0n) is 8.66. The predicted octanol–water partition coefficient (Wildman–Crippen LogP) is 1.68. The summed E-state index contributed by atoms with van der Waals surface area (Å²) in [6.07, 6.45) is 0.627. The number of rotatable bonds is 4. The van der Waals surface area contributed by atoms with E-state index in [2.05, 4.69) is 0 Å². The van der Waals surface area contributed by atoms with Gasteiger partial charge in [0.1, 0.15) is 11.5 Å². The van der Waals surface area contributed by atoms with Gasteiger partial charge in [-0.05, 0) is 32.4 Å².